The summed E-state index contributed by atoms with van der Waals surface area (Å²) >= 11 is 0. The minimum absolute atomic E-state index is 0.0914. The third-order valence-corrected chi connectivity index (χ3v) is 11.0. The maximum Gasteiger partial charge on any atom is 0.407 e. The summed E-state index contributed by atoms with van der Waals surface area (Å²) in [5.41, 5.74) is 6.79. The Kier molecular flexibility index (Phi) is 10.7. The third kappa shape index (κ3) is 7.18. The number of alkyl halides is 1. The van der Waals surface area contributed by atoms with E-state index in [9.17, 15) is 28.7 Å². The maximum atomic E-state index is 14.7. The van der Waals surface area contributed by atoms with E-state index in [2.05, 4.69) is 5.32 Å². The molecule has 1 aromatic heterocycles. The SMILES string of the molecule is COC1CCC([C@@H]2CC(c3c(C(=O)O)n(C)c4ccccc34)N(C(=O)[C@H]3CC[C@H](C(CF)NC(=O)OC(C)(C)C)CC3)[C@@H]2C(N)=O)CC1. The number of fused-ring (bicyclic) bond motifs is 1. The fourth-order valence-electron chi connectivity index (χ4n) is 8.74. The Bertz CT molecular complexity index is 1500. The number of carboxylic acid groups (broad SMARTS) is 1. The molecule has 2 aliphatic carbocycles. The number of ether oxygens (including phenoxy) is 2. The highest BCUT2D eigenvalue weighted by Crippen LogP contribution is 2.51. The van der Waals surface area contributed by atoms with Gasteiger partial charge in [-0.2, -0.15) is 0 Å². The van der Waals surface area contributed by atoms with E-state index in [0.717, 1.165) is 36.6 Å². The summed E-state index contributed by atoms with van der Waals surface area (Å²) in [6, 6.07) is 5.13. The molecule has 11 nitrogen and oxygen atoms in total. The first kappa shape index (κ1) is 35.6. The lowest BCUT2D eigenvalue weighted by Gasteiger charge is -2.38. The van der Waals surface area contributed by atoms with Crippen LogP contribution in [-0.2, 0) is 26.1 Å². The van der Waals surface area contributed by atoms with Crippen LogP contribution in [0, 0.1) is 23.7 Å². The molecule has 3 fully saturated rings. The van der Waals surface area contributed by atoms with E-state index in [0.29, 0.717) is 37.7 Å². The molecule has 48 heavy (non-hydrogen) atoms. The predicted molar refractivity (Wildman–Crippen MR) is 178 cm³/mol. The van der Waals surface area contributed by atoms with Crippen molar-refractivity contribution in [3.8, 4) is 0 Å². The molecule has 4 atom stereocenters. The first-order valence-corrected chi connectivity index (χ1v) is 17.3. The number of halogens is 1. The van der Waals surface area contributed by atoms with Crippen LogP contribution in [0.4, 0.5) is 9.18 Å². The molecule has 264 valence electrons. The number of aromatic nitrogens is 1. The average Bonchev–Trinajstić information content (AvgIpc) is 3.58. The van der Waals surface area contributed by atoms with E-state index in [1.165, 1.54) is 0 Å². The fraction of sp³-hybridized carbons (Fsp3) is 0.667. The van der Waals surface area contributed by atoms with Gasteiger partial charge in [-0.1, -0.05) is 18.2 Å². The number of likely N-dealkylation sites (tertiary alicyclic amines) is 1. The summed E-state index contributed by atoms with van der Waals surface area (Å²) in [7, 11) is 3.41. The molecular formula is C36H51FN4O7. The van der Waals surface area contributed by atoms with Gasteiger partial charge in [0.1, 0.15) is 24.0 Å². The number of amides is 3. The lowest BCUT2D eigenvalue weighted by Crippen LogP contribution is -2.51. The number of alkyl carbamates (subject to hydrolysis) is 1. The van der Waals surface area contributed by atoms with Gasteiger partial charge in [0.25, 0.3) is 0 Å². The molecule has 2 aromatic rings. The molecular weight excluding hydrogens is 619 g/mol. The van der Waals surface area contributed by atoms with Crippen molar-refractivity contribution < 1.29 is 38.1 Å². The molecule has 3 aliphatic rings. The molecule has 4 N–H and O–H groups in total. The minimum Gasteiger partial charge on any atom is -0.477 e. The molecule has 2 heterocycles. The van der Waals surface area contributed by atoms with Crippen molar-refractivity contribution in [1.82, 2.24) is 14.8 Å². The summed E-state index contributed by atoms with van der Waals surface area (Å²) in [4.78, 5) is 54.9. The number of nitrogens with zero attached hydrogens (tertiary/aromatic N) is 2. The van der Waals surface area contributed by atoms with E-state index in [4.69, 9.17) is 15.2 Å². The Labute approximate surface area is 281 Å². The number of rotatable bonds is 9. The van der Waals surface area contributed by atoms with E-state index in [1.54, 1.807) is 44.4 Å². The van der Waals surface area contributed by atoms with Gasteiger partial charge in [0, 0.05) is 36.5 Å². The number of hydrogen-bond donors (Lipinski definition) is 3. The fourth-order valence-corrected chi connectivity index (χ4v) is 8.74. The molecule has 5 rings (SSSR count). The van der Waals surface area contributed by atoms with Gasteiger partial charge in [0.15, 0.2) is 0 Å². The highest BCUT2D eigenvalue weighted by molar-refractivity contribution is 5.99. The van der Waals surface area contributed by atoms with Crippen LogP contribution in [0.25, 0.3) is 10.9 Å². The second kappa shape index (κ2) is 14.4. The maximum absolute atomic E-state index is 14.7. The number of carbonyl (C=O) groups is 4. The number of nitrogens with two attached hydrogens (primary N) is 1. The number of para-hydroxylation sites is 1. The van der Waals surface area contributed by atoms with Gasteiger partial charge in [-0.25, -0.2) is 14.0 Å². The van der Waals surface area contributed by atoms with Gasteiger partial charge in [0.05, 0.1) is 18.2 Å². The average molecular weight is 671 g/mol. The van der Waals surface area contributed by atoms with Gasteiger partial charge in [-0.3, -0.25) is 9.59 Å². The van der Waals surface area contributed by atoms with Crippen molar-refractivity contribution in [2.24, 2.45) is 36.5 Å². The predicted octanol–water partition coefficient (Wildman–Crippen LogP) is 5.49. The topological polar surface area (TPSA) is 153 Å². The van der Waals surface area contributed by atoms with Crippen LogP contribution in [0.15, 0.2) is 24.3 Å². The summed E-state index contributed by atoms with van der Waals surface area (Å²) in [6.45, 7) is 4.47. The van der Waals surface area contributed by atoms with Crippen molar-refractivity contribution in [2.75, 3.05) is 13.8 Å². The quantitative estimate of drug-likeness (QED) is 0.319. The molecule has 1 aliphatic heterocycles. The van der Waals surface area contributed by atoms with Gasteiger partial charge in [0.2, 0.25) is 11.8 Å². The van der Waals surface area contributed by atoms with Crippen LogP contribution in [0.3, 0.4) is 0 Å². The Balaban J connectivity index is 1.46. The zero-order valence-electron chi connectivity index (χ0n) is 28.7. The van der Waals surface area contributed by atoms with Crippen LogP contribution in [0.2, 0.25) is 0 Å². The van der Waals surface area contributed by atoms with E-state index >= 15 is 0 Å². The van der Waals surface area contributed by atoms with E-state index in [-0.39, 0.29) is 35.5 Å². The zero-order valence-corrected chi connectivity index (χ0v) is 28.7. The monoisotopic (exact) mass is 670 g/mol. The normalized spacial score (nSPS) is 28.6. The summed E-state index contributed by atoms with van der Waals surface area (Å²) in [6.07, 6.45) is 5.10. The van der Waals surface area contributed by atoms with Crippen LogP contribution >= 0.6 is 0 Å². The molecule has 0 radical (unpaired) electrons. The lowest BCUT2D eigenvalue weighted by atomic mass is 9.74. The van der Waals surface area contributed by atoms with Crippen LogP contribution < -0.4 is 11.1 Å². The van der Waals surface area contributed by atoms with Gasteiger partial charge < -0.3 is 35.1 Å². The number of carbonyl (C=O) groups excluding carboxylic acids is 3. The number of carboxylic acids is 1. The van der Waals surface area contributed by atoms with Crippen molar-refractivity contribution in [2.45, 2.75) is 108 Å². The second-order valence-corrected chi connectivity index (χ2v) is 14.9. The summed E-state index contributed by atoms with van der Waals surface area (Å²) in [5.74, 6) is -2.68. The molecule has 1 aromatic carbocycles. The Hall–Kier alpha value is -3.67. The Morgan fingerprint density at radius 1 is 1.04 bits per heavy atom. The number of benzene rings is 1. The number of aryl methyl sites for hydroxylation is 1. The van der Waals surface area contributed by atoms with Gasteiger partial charge in [-0.15, -0.1) is 0 Å². The molecule has 3 amide bonds. The second-order valence-electron chi connectivity index (χ2n) is 14.9. The molecule has 12 heteroatoms. The molecule has 2 saturated carbocycles. The highest BCUT2D eigenvalue weighted by atomic mass is 19.1. The summed E-state index contributed by atoms with van der Waals surface area (Å²) < 4.78 is 26.7. The van der Waals surface area contributed by atoms with Crippen molar-refractivity contribution >= 4 is 34.8 Å². The highest BCUT2D eigenvalue weighted by Gasteiger charge is 2.53. The van der Waals surface area contributed by atoms with Crippen LogP contribution in [0.5, 0.6) is 0 Å². The Morgan fingerprint density at radius 3 is 2.25 bits per heavy atom. The first-order valence-electron chi connectivity index (χ1n) is 17.3. The minimum atomic E-state index is -1.11. The molecule has 0 bridgehead atoms. The van der Waals surface area contributed by atoms with E-state index in [1.807, 2.05) is 24.3 Å². The molecule has 0 spiro atoms. The van der Waals surface area contributed by atoms with Crippen LogP contribution in [0.1, 0.15) is 101 Å². The van der Waals surface area contributed by atoms with Crippen molar-refractivity contribution in [3.05, 3.63) is 35.5 Å². The van der Waals surface area contributed by atoms with Crippen molar-refractivity contribution in [1.29, 1.82) is 0 Å². The number of nitrogens with one attached hydrogen (secondary N) is 1. The number of aromatic carboxylic acids is 1. The van der Waals surface area contributed by atoms with E-state index < -0.39 is 54.3 Å². The zero-order chi connectivity index (χ0) is 34.9. The van der Waals surface area contributed by atoms with Crippen LogP contribution in [-0.4, -0.2) is 76.0 Å². The largest absolute Gasteiger partial charge is 0.477 e. The smallest absolute Gasteiger partial charge is 0.407 e. The molecule has 1 saturated heterocycles. The number of methoxy groups -OCH3 is 1. The summed E-state index contributed by atoms with van der Waals surface area (Å²) in [5, 5.41) is 13.9. The first-order chi connectivity index (χ1) is 22.7. The number of hydrogen-bond acceptors (Lipinski definition) is 6. The number of primary amides is 1. The van der Waals surface area contributed by atoms with Crippen molar-refractivity contribution in [3.63, 3.8) is 0 Å². The standard InChI is InChI=1S/C36H51FN4O7/c1-36(2,3)48-35(46)39-26(19-37)21-10-12-22(13-11-21)33(43)41-28(29-24-8-6-7-9-27(24)40(4)31(29)34(44)45)18-25(30(41)32(38)42)20-14-16-23(47-5)17-15-20/h6-9,20-23,25-26,28,30H,10-19H2,1-5H3,(H2,38,42)(H,39,46)(H,44,45)/t20?,21-,22-,23?,25-,26?,28?,30-/m0/s1. The van der Waals surface area contributed by atoms with Gasteiger partial charge >= 0.3 is 12.1 Å². The third-order valence-electron chi connectivity index (χ3n) is 11.0. The van der Waals surface area contributed by atoms with Gasteiger partial charge in [-0.05, 0) is 102 Å². The molecule has 2 unspecified atom stereocenters. The Morgan fingerprint density at radius 2 is 1.69 bits per heavy atom. The lowest BCUT2D eigenvalue weighted by molar-refractivity contribution is -0.145.